The van der Waals surface area contributed by atoms with Crippen LogP contribution in [0, 0.1) is 6.92 Å². The molecule has 16 heavy (non-hydrogen) atoms. The molecule has 0 amide bonds. The van der Waals surface area contributed by atoms with E-state index in [1.165, 1.54) is 35.2 Å². The average Bonchev–Trinajstić information content (AvgIpc) is 2.30. The van der Waals surface area contributed by atoms with Crippen molar-refractivity contribution in [3.05, 3.63) is 35.9 Å². The molecule has 0 aliphatic carbocycles. The van der Waals surface area contributed by atoms with E-state index in [1.807, 2.05) is 0 Å². The van der Waals surface area contributed by atoms with Crippen molar-refractivity contribution in [2.75, 3.05) is 11.9 Å². The molecular formula is C15H23N. The number of anilines is 1. The lowest BCUT2D eigenvalue weighted by Gasteiger charge is -2.11. The third-order valence-electron chi connectivity index (χ3n) is 2.90. The van der Waals surface area contributed by atoms with E-state index in [1.54, 1.807) is 0 Å². The van der Waals surface area contributed by atoms with Crippen molar-refractivity contribution in [2.24, 2.45) is 0 Å². The van der Waals surface area contributed by atoms with Crippen LogP contribution in [0.2, 0.25) is 0 Å². The van der Waals surface area contributed by atoms with Crippen molar-refractivity contribution in [2.45, 2.75) is 40.0 Å². The highest BCUT2D eigenvalue weighted by molar-refractivity contribution is 5.69. The first kappa shape index (κ1) is 12.8. The number of nitrogens with one attached hydrogen (secondary N) is 1. The number of hydrogen-bond acceptors (Lipinski definition) is 1. The molecular weight excluding hydrogens is 194 g/mol. The predicted octanol–water partition coefficient (Wildman–Crippen LogP) is 4.63. The van der Waals surface area contributed by atoms with Gasteiger partial charge in [0.05, 0.1) is 0 Å². The van der Waals surface area contributed by atoms with Crippen molar-refractivity contribution in [1.82, 2.24) is 0 Å². The van der Waals surface area contributed by atoms with E-state index in [0.29, 0.717) is 0 Å². The Morgan fingerprint density at radius 1 is 1.31 bits per heavy atom. The maximum atomic E-state index is 4.11. The van der Waals surface area contributed by atoms with Gasteiger partial charge in [-0.2, -0.15) is 0 Å². The zero-order valence-corrected chi connectivity index (χ0v) is 10.8. The Bertz CT molecular complexity index is 352. The van der Waals surface area contributed by atoms with Crippen LogP contribution in [-0.2, 0) is 0 Å². The lowest BCUT2D eigenvalue weighted by atomic mass is 9.99. The van der Waals surface area contributed by atoms with Gasteiger partial charge in [0, 0.05) is 12.2 Å². The molecule has 1 rings (SSSR count). The summed E-state index contributed by atoms with van der Waals surface area (Å²) in [5.74, 6) is 0. The summed E-state index contributed by atoms with van der Waals surface area (Å²) in [6, 6.07) is 6.54. The van der Waals surface area contributed by atoms with Gasteiger partial charge >= 0.3 is 0 Å². The van der Waals surface area contributed by atoms with E-state index in [4.69, 9.17) is 0 Å². The first-order valence-electron chi connectivity index (χ1n) is 6.21. The van der Waals surface area contributed by atoms with Crippen LogP contribution in [0.4, 0.5) is 5.69 Å². The largest absolute Gasteiger partial charge is 0.385 e. The lowest BCUT2D eigenvalue weighted by Crippen LogP contribution is -2.01. The summed E-state index contributed by atoms with van der Waals surface area (Å²) in [4.78, 5) is 0. The third kappa shape index (κ3) is 3.41. The van der Waals surface area contributed by atoms with Crippen molar-refractivity contribution < 1.29 is 0 Å². The van der Waals surface area contributed by atoms with Crippen molar-refractivity contribution in [3.8, 4) is 0 Å². The van der Waals surface area contributed by atoms with Crippen LogP contribution in [0.1, 0.15) is 44.2 Å². The predicted molar refractivity (Wildman–Crippen MR) is 73.9 cm³/mol. The smallest absolute Gasteiger partial charge is 0.0346 e. The number of allylic oxidation sites excluding steroid dienone is 1. The average molecular weight is 217 g/mol. The van der Waals surface area contributed by atoms with Crippen LogP contribution >= 0.6 is 0 Å². The molecule has 0 bridgehead atoms. The van der Waals surface area contributed by atoms with Crippen LogP contribution < -0.4 is 5.32 Å². The fraction of sp³-hybridized carbons (Fsp3) is 0.467. The number of rotatable bonds is 6. The minimum atomic E-state index is 1.01. The fourth-order valence-corrected chi connectivity index (χ4v) is 1.71. The molecule has 1 aromatic rings. The SMILES string of the molecule is C=C(CC)c1cc(NCCCC)ccc1C. The second-order valence-corrected chi connectivity index (χ2v) is 4.27. The van der Waals surface area contributed by atoms with E-state index in [-0.39, 0.29) is 0 Å². The Labute approximate surface area is 99.6 Å². The Morgan fingerprint density at radius 2 is 2.06 bits per heavy atom. The number of unbranched alkanes of at least 4 members (excludes halogenated alkanes) is 1. The van der Waals surface area contributed by atoms with Gasteiger partial charge in [-0.05, 0) is 48.6 Å². The van der Waals surface area contributed by atoms with E-state index in [9.17, 15) is 0 Å². The molecule has 0 aliphatic heterocycles. The number of aryl methyl sites for hydroxylation is 1. The highest BCUT2D eigenvalue weighted by Gasteiger charge is 2.02. The molecule has 0 fully saturated rings. The van der Waals surface area contributed by atoms with Gasteiger partial charge in [-0.25, -0.2) is 0 Å². The fourth-order valence-electron chi connectivity index (χ4n) is 1.71. The van der Waals surface area contributed by atoms with Crippen LogP contribution in [0.3, 0.4) is 0 Å². The Kier molecular flexibility index (Phi) is 5.10. The number of hydrogen-bond donors (Lipinski definition) is 1. The molecule has 1 N–H and O–H groups in total. The molecule has 0 radical (unpaired) electrons. The van der Waals surface area contributed by atoms with E-state index < -0.39 is 0 Å². The van der Waals surface area contributed by atoms with Crippen molar-refractivity contribution in [1.29, 1.82) is 0 Å². The van der Waals surface area contributed by atoms with Gasteiger partial charge in [0.25, 0.3) is 0 Å². The molecule has 0 atom stereocenters. The Morgan fingerprint density at radius 3 is 2.69 bits per heavy atom. The van der Waals surface area contributed by atoms with E-state index in [0.717, 1.165) is 13.0 Å². The van der Waals surface area contributed by atoms with Crippen LogP contribution in [0.25, 0.3) is 5.57 Å². The van der Waals surface area contributed by atoms with Crippen molar-refractivity contribution in [3.63, 3.8) is 0 Å². The van der Waals surface area contributed by atoms with E-state index in [2.05, 4.69) is 50.9 Å². The van der Waals surface area contributed by atoms with Gasteiger partial charge in [0.15, 0.2) is 0 Å². The van der Waals surface area contributed by atoms with Gasteiger partial charge in [-0.15, -0.1) is 0 Å². The van der Waals surface area contributed by atoms with Gasteiger partial charge < -0.3 is 5.32 Å². The first-order chi connectivity index (χ1) is 7.69. The molecule has 0 unspecified atom stereocenters. The molecule has 0 saturated heterocycles. The minimum absolute atomic E-state index is 1.01. The lowest BCUT2D eigenvalue weighted by molar-refractivity contribution is 0.834. The topological polar surface area (TPSA) is 12.0 Å². The first-order valence-corrected chi connectivity index (χ1v) is 6.21. The molecule has 1 heteroatoms. The van der Waals surface area contributed by atoms with Gasteiger partial charge in [0.1, 0.15) is 0 Å². The third-order valence-corrected chi connectivity index (χ3v) is 2.90. The molecule has 88 valence electrons. The summed E-state index contributed by atoms with van der Waals surface area (Å²) in [5, 5.41) is 3.45. The second kappa shape index (κ2) is 6.37. The zero-order chi connectivity index (χ0) is 12.0. The summed E-state index contributed by atoms with van der Waals surface area (Å²) in [6.45, 7) is 11.7. The quantitative estimate of drug-likeness (QED) is 0.685. The molecule has 0 spiro atoms. The number of benzene rings is 1. The summed E-state index contributed by atoms with van der Waals surface area (Å²) in [5.41, 5.74) is 5.04. The molecule has 0 aromatic heterocycles. The molecule has 0 aliphatic rings. The highest BCUT2D eigenvalue weighted by atomic mass is 14.9. The summed E-state index contributed by atoms with van der Waals surface area (Å²) in [7, 11) is 0. The maximum absolute atomic E-state index is 4.11. The van der Waals surface area contributed by atoms with Crippen LogP contribution in [-0.4, -0.2) is 6.54 Å². The summed E-state index contributed by atoms with van der Waals surface area (Å²) in [6.07, 6.45) is 3.46. The van der Waals surface area contributed by atoms with E-state index >= 15 is 0 Å². The second-order valence-electron chi connectivity index (χ2n) is 4.27. The molecule has 1 aromatic carbocycles. The van der Waals surface area contributed by atoms with Gasteiger partial charge in [-0.3, -0.25) is 0 Å². The molecule has 0 heterocycles. The van der Waals surface area contributed by atoms with Crippen LogP contribution in [0.15, 0.2) is 24.8 Å². The Hall–Kier alpha value is -1.24. The summed E-state index contributed by atoms with van der Waals surface area (Å²) < 4.78 is 0. The van der Waals surface area contributed by atoms with Crippen molar-refractivity contribution >= 4 is 11.3 Å². The standard InChI is InChI=1S/C15H23N/c1-5-7-10-16-14-9-8-13(4)15(11-14)12(3)6-2/h8-9,11,16H,3,5-7,10H2,1-2,4H3. The zero-order valence-electron chi connectivity index (χ0n) is 10.8. The highest BCUT2D eigenvalue weighted by Crippen LogP contribution is 2.23. The maximum Gasteiger partial charge on any atom is 0.0346 e. The Balaban J connectivity index is 2.77. The van der Waals surface area contributed by atoms with Gasteiger partial charge in [0.2, 0.25) is 0 Å². The molecule has 0 saturated carbocycles. The minimum Gasteiger partial charge on any atom is -0.385 e. The van der Waals surface area contributed by atoms with Gasteiger partial charge in [-0.1, -0.05) is 32.9 Å². The summed E-state index contributed by atoms with van der Waals surface area (Å²) >= 11 is 0. The normalized spacial score (nSPS) is 10.2. The van der Waals surface area contributed by atoms with Crippen LogP contribution in [0.5, 0.6) is 0 Å². The molecule has 1 nitrogen and oxygen atoms in total. The monoisotopic (exact) mass is 217 g/mol.